The molecular formula is C52H31N5O2. The summed E-state index contributed by atoms with van der Waals surface area (Å²) >= 11 is 0. The van der Waals surface area contributed by atoms with Gasteiger partial charge in [0.1, 0.15) is 28.2 Å². The molecule has 0 radical (unpaired) electrons. The molecule has 59 heavy (non-hydrogen) atoms. The lowest BCUT2D eigenvalue weighted by atomic mass is 10.0. The van der Waals surface area contributed by atoms with Crippen LogP contribution in [0.2, 0.25) is 0 Å². The first-order valence-corrected chi connectivity index (χ1v) is 19.6. The van der Waals surface area contributed by atoms with Crippen molar-refractivity contribution in [2.75, 3.05) is 0 Å². The molecule has 0 aliphatic rings. The van der Waals surface area contributed by atoms with Gasteiger partial charge in [-0.25, -0.2) is 19.9 Å². The molecule has 0 aliphatic heterocycles. The summed E-state index contributed by atoms with van der Waals surface area (Å²) in [6, 6.07) is 63.7. The Bertz CT molecular complexity index is 3550. The highest BCUT2D eigenvalue weighted by atomic mass is 16.3. The Morgan fingerprint density at radius 1 is 0.356 bits per heavy atom. The van der Waals surface area contributed by atoms with E-state index in [0.717, 1.165) is 99.8 Å². The van der Waals surface area contributed by atoms with Crippen LogP contribution in [0.5, 0.6) is 0 Å². The van der Waals surface area contributed by atoms with E-state index in [9.17, 15) is 0 Å². The van der Waals surface area contributed by atoms with Crippen molar-refractivity contribution in [3.63, 3.8) is 0 Å². The van der Waals surface area contributed by atoms with Crippen LogP contribution in [-0.2, 0) is 0 Å². The Labute approximate surface area is 337 Å². The van der Waals surface area contributed by atoms with Crippen LogP contribution >= 0.6 is 0 Å². The van der Waals surface area contributed by atoms with Crippen molar-refractivity contribution in [3.8, 4) is 62.4 Å². The van der Waals surface area contributed by atoms with Gasteiger partial charge in [0.05, 0.1) is 16.6 Å². The van der Waals surface area contributed by atoms with Crippen molar-refractivity contribution in [3.05, 3.63) is 188 Å². The lowest BCUT2D eigenvalue weighted by molar-refractivity contribution is 0.669. The number of fused-ring (bicyclic) bond motifs is 7. The molecule has 8 aromatic carbocycles. The van der Waals surface area contributed by atoms with Crippen LogP contribution in [0.25, 0.3) is 117 Å². The van der Waals surface area contributed by atoms with Crippen LogP contribution in [-0.4, -0.2) is 24.5 Å². The Morgan fingerprint density at radius 2 is 0.915 bits per heavy atom. The standard InChI is InChI=1S/C52H31N5O2/c1-3-14-33(15-4-1)49-54-50(34-30-28-32(29-31-34)36-19-11-20-38-37-18-7-10-26-44(37)58-47(36)38)56-51(55-49)40-22-13-27-45-46(40)39-21-12-23-41(48(39)59-45)52-53-42-24-8-9-25-43(42)57(52)35-16-5-2-6-17-35/h1-31H. The summed E-state index contributed by atoms with van der Waals surface area (Å²) in [5.74, 6) is 2.52. The zero-order chi connectivity index (χ0) is 38.9. The topological polar surface area (TPSA) is 82.8 Å². The zero-order valence-corrected chi connectivity index (χ0v) is 31.5. The molecule has 0 saturated heterocycles. The molecule has 0 saturated carbocycles. The van der Waals surface area contributed by atoms with Crippen molar-refractivity contribution in [2.24, 2.45) is 0 Å². The molecule has 7 nitrogen and oxygen atoms in total. The molecule has 0 amide bonds. The van der Waals surface area contributed by atoms with E-state index in [1.54, 1.807) is 0 Å². The second-order valence-electron chi connectivity index (χ2n) is 14.6. The number of imidazole rings is 1. The van der Waals surface area contributed by atoms with Crippen LogP contribution < -0.4 is 0 Å². The number of hydrogen-bond donors (Lipinski definition) is 0. The Kier molecular flexibility index (Phi) is 7.40. The molecule has 0 atom stereocenters. The van der Waals surface area contributed by atoms with Gasteiger partial charge in [-0.05, 0) is 48.0 Å². The van der Waals surface area contributed by atoms with E-state index in [4.69, 9.17) is 28.8 Å². The zero-order valence-electron chi connectivity index (χ0n) is 31.5. The van der Waals surface area contributed by atoms with E-state index >= 15 is 0 Å². The van der Waals surface area contributed by atoms with E-state index in [-0.39, 0.29) is 0 Å². The third-order valence-electron chi connectivity index (χ3n) is 11.1. The fraction of sp³-hybridized carbons (Fsp3) is 0. The minimum absolute atomic E-state index is 0.556. The number of nitrogens with zero attached hydrogens (tertiary/aromatic N) is 5. The molecule has 0 fully saturated rings. The summed E-state index contributed by atoms with van der Waals surface area (Å²) in [7, 11) is 0. The second-order valence-corrected chi connectivity index (χ2v) is 14.6. The first-order valence-electron chi connectivity index (χ1n) is 19.6. The highest BCUT2D eigenvalue weighted by Gasteiger charge is 2.23. The molecule has 12 rings (SSSR count). The molecule has 4 heterocycles. The maximum Gasteiger partial charge on any atom is 0.164 e. The predicted octanol–water partition coefficient (Wildman–Crippen LogP) is 13.3. The highest BCUT2D eigenvalue weighted by molar-refractivity contribution is 6.15. The van der Waals surface area contributed by atoms with Gasteiger partial charge in [0.2, 0.25) is 0 Å². The third-order valence-corrected chi connectivity index (χ3v) is 11.1. The third kappa shape index (κ3) is 5.36. The summed E-state index contributed by atoms with van der Waals surface area (Å²) < 4.78 is 15.4. The van der Waals surface area contributed by atoms with Gasteiger partial charge in [-0.15, -0.1) is 0 Å². The summed E-state index contributed by atoms with van der Waals surface area (Å²) in [5, 5.41) is 4.08. The van der Waals surface area contributed by atoms with Crippen LogP contribution in [0.1, 0.15) is 0 Å². The summed E-state index contributed by atoms with van der Waals surface area (Å²) in [5.41, 5.74) is 11.8. The number of furan rings is 2. The number of para-hydroxylation sites is 6. The van der Waals surface area contributed by atoms with E-state index < -0.39 is 0 Å². The molecule has 4 aromatic heterocycles. The first-order chi connectivity index (χ1) is 29.2. The Balaban J connectivity index is 1.02. The van der Waals surface area contributed by atoms with E-state index in [2.05, 4.69) is 95.6 Å². The average Bonchev–Trinajstić information content (AvgIpc) is 4.01. The minimum Gasteiger partial charge on any atom is -0.455 e. The minimum atomic E-state index is 0.556. The molecule has 0 N–H and O–H groups in total. The van der Waals surface area contributed by atoms with Gasteiger partial charge >= 0.3 is 0 Å². The van der Waals surface area contributed by atoms with Gasteiger partial charge in [0, 0.05) is 49.5 Å². The predicted molar refractivity (Wildman–Crippen MR) is 236 cm³/mol. The monoisotopic (exact) mass is 757 g/mol. The van der Waals surface area contributed by atoms with Crippen molar-refractivity contribution in [1.29, 1.82) is 0 Å². The molecule has 0 aliphatic carbocycles. The normalized spacial score (nSPS) is 11.7. The Hall–Kier alpha value is -8.16. The van der Waals surface area contributed by atoms with E-state index in [1.165, 1.54) is 0 Å². The van der Waals surface area contributed by atoms with Gasteiger partial charge in [-0.2, -0.15) is 0 Å². The smallest absolute Gasteiger partial charge is 0.164 e. The van der Waals surface area contributed by atoms with Gasteiger partial charge in [-0.3, -0.25) is 4.57 Å². The van der Waals surface area contributed by atoms with Crippen molar-refractivity contribution in [2.45, 2.75) is 0 Å². The maximum atomic E-state index is 6.79. The molecule has 0 spiro atoms. The van der Waals surface area contributed by atoms with Gasteiger partial charge in [0.25, 0.3) is 0 Å². The van der Waals surface area contributed by atoms with Crippen molar-refractivity contribution in [1.82, 2.24) is 24.5 Å². The van der Waals surface area contributed by atoms with Crippen LogP contribution in [0.3, 0.4) is 0 Å². The fourth-order valence-corrected chi connectivity index (χ4v) is 8.37. The molecule has 0 bridgehead atoms. The number of hydrogen-bond acceptors (Lipinski definition) is 6. The quantitative estimate of drug-likeness (QED) is 0.168. The maximum absolute atomic E-state index is 6.79. The fourth-order valence-electron chi connectivity index (χ4n) is 8.37. The Morgan fingerprint density at radius 3 is 1.75 bits per heavy atom. The SMILES string of the molecule is c1ccc(-c2nc(-c3ccc(-c4cccc5c4oc4ccccc45)cc3)nc(-c3cccc4oc5c(-c6nc7ccccc7n6-c6ccccc6)cccc5c34)n2)cc1. The molecule has 7 heteroatoms. The van der Waals surface area contributed by atoms with Crippen molar-refractivity contribution >= 4 is 54.9 Å². The average molecular weight is 758 g/mol. The van der Waals surface area contributed by atoms with Gasteiger partial charge in [0.15, 0.2) is 17.5 Å². The summed E-state index contributed by atoms with van der Waals surface area (Å²) in [6.07, 6.45) is 0. The van der Waals surface area contributed by atoms with E-state index in [1.807, 2.05) is 97.1 Å². The number of aromatic nitrogens is 5. The van der Waals surface area contributed by atoms with E-state index in [0.29, 0.717) is 17.5 Å². The second kappa shape index (κ2) is 13.2. The first kappa shape index (κ1) is 33.0. The summed E-state index contributed by atoms with van der Waals surface area (Å²) in [6.45, 7) is 0. The van der Waals surface area contributed by atoms with Gasteiger partial charge in [-0.1, -0.05) is 146 Å². The lowest BCUT2D eigenvalue weighted by Gasteiger charge is -2.10. The highest BCUT2D eigenvalue weighted by Crippen LogP contribution is 2.42. The number of rotatable bonds is 6. The van der Waals surface area contributed by atoms with Crippen LogP contribution in [0.15, 0.2) is 197 Å². The number of benzene rings is 8. The molecule has 0 unspecified atom stereocenters. The van der Waals surface area contributed by atoms with Gasteiger partial charge < -0.3 is 8.83 Å². The molecule has 276 valence electrons. The van der Waals surface area contributed by atoms with Crippen LogP contribution in [0.4, 0.5) is 0 Å². The molecular weight excluding hydrogens is 727 g/mol. The molecule has 12 aromatic rings. The summed E-state index contributed by atoms with van der Waals surface area (Å²) in [4.78, 5) is 20.5. The largest absolute Gasteiger partial charge is 0.455 e. The van der Waals surface area contributed by atoms with Crippen molar-refractivity contribution < 1.29 is 8.83 Å². The van der Waals surface area contributed by atoms with Crippen LogP contribution in [0, 0.1) is 0 Å². The lowest BCUT2D eigenvalue weighted by Crippen LogP contribution is -2.00.